The van der Waals surface area contributed by atoms with Gasteiger partial charge in [0.1, 0.15) is 6.10 Å². The van der Waals surface area contributed by atoms with Crippen LogP contribution in [-0.4, -0.2) is 72.6 Å². The van der Waals surface area contributed by atoms with Gasteiger partial charge in [-0.2, -0.15) is 0 Å². The molecule has 12 atom stereocenters. The third-order valence-corrected chi connectivity index (χ3v) is 15.5. The fourth-order valence-corrected chi connectivity index (χ4v) is 13.7. The lowest BCUT2D eigenvalue weighted by Crippen LogP contribution is -2.56. The van der Waals surface area contributed by atoms with Crippen LogP contribution in [0.1, 0.15) is 105 Å². The van der Waals surface area contributed by atoms with Crippen LogP contribution in [0.2, 0.25) is 0 Å². The Morgan fingerprint density at radius 3 is 2.58 bits per heavy atom. The van der Waals surface area contributed by atoms with Crippen LogP contribution in [0.3, 0.4) is 0 Å². The highest BCUT2D eigenvalue weighted by atomic mass is 16.7. The zero-order valence-electron chi connectivity index (χ0n) is 30.7. The maximum Gasteiger partial charge on any atom is 0.170 e. The van der Waals surface area contributed by atoms with Gasteiger partial charge in [-0.3, -0.25) is 4.90 Å². The van der Waals surface area contributed by atoms with Crippen LogP contribution >= 0.6 is 0 Å². The summed E-state index contributed by atoms with van der Waals surface area (Å²) in [7, 11) is 0. The number of hydrogen-bond donors (Lipinski definition) is 1. The van der Waals surface area contributed by atoms with Crippen molar-refractivity contribution < 1.29 is 24.1 Å². The number of aliphatic hydroxyl groups is 1. The summed E-state index contributed by atoms with van der Waals surface area (Å²) in [6.07, 6.45) is 11.0. The van der Waals surface area contributed by atoms with Gasteiger partial charge in [-0.25, -0.2) is 0 Å². The molecule has 0 aromatic heterocycles. The molecule has 12 unspecified atom stereocenters. The molecular weight excluding hydrogens is 598 g/mol. The second kappa shape index (κ2) is 11.9. The van der Waals surface area contributed by atoms with E-state index in [2.05, 4.69) is 56.0 Å². The Labute approximate surface area is 290 Å². The van der Waals surface area contributed by atoms with Crippen molar-refractivity contribution >= 4 is 0 Å². The van der Waals surface area contributed by atoms with Gasteiger partial charge in [-0.05, 0) is 124 Å². The number of fused-ring (bicyclic) bond motifs is 4. The smallest absolute Gasteiger partial charge is 0.170 e. The Balaban J connectivity index is 0.961. The van der Waals surface area contributed by atoms with Gasteiger partial charge in [0.25, 0.3) is 0 Å². The summed E-state index contributed by atoms with van der Waals surface area (Å²) in [5.41, 5.74) is 3.11. The first-order valence-corrected chi connectivity index (χ1v) is 19.5. The number of benzene rings is 1. The fourth-order valence-electron chi connectivity index (χ4n) is 13.7. The largest absolute Gasteiger partial charge is 0.388 e. The number of hydrogen-bond acceptors (Lipinski definition) is 6. The van der Waals surface area contributed by atoms with E-state index in [1.54, 1.807) is 0 Å². The standard InChI is InChI=1S/C42H63NO5/c1-8-45-37(39(5,6)44)32-22-27(2)36-31(47-32)23-30-29-14-15-33-38(3,4)34(16-17-42(33)26-41(29,42)19-18-40(30,36)7)48-35-25-43(20-21-46-35)24-28-12-10-9-11-13-28/h9-13,29-37,44H,2,8,14-26H2,1,3-7H3. The van der Waals surface area contributed by atoms with Gasteiger partial charge in [0.2, 0.25) is 0 Å². The van der Waals surface area contributed by atoms with Crippen LogP contribution < -0.4 is 0 Å². The average molecular weight is 662 g/mol. The fraction of sp³-hybridized carbons (Fsp3) is 0.810. The third kappa shape index (κ3) is 5.16. The van der Waals surface area contributed by atoms with Crippen LogP contribution in [0.25, 0.3) is 0 Å². The Bertz CT molecular complexity index is 1360. The van der Waals surface area contributed by atoms with E-state index in [0.29, 0.717) is 35.2 Å². The minimum atomic E-state index is -0.952. The minimum absolute atomic E-state index is 0.131. The molecule has 48 heavy (non-hydrogen) atoms. The molecule has 5 saturated carbocycles. The molecule has 2 saturated heterocycles. The van der Waals surface area contributed by atoms with E-state index in [0.717, 1.165) is 51.4 Å². The molecule has 0 radical (unpaired) electrons. The second-order valence-corrected chi connectivity index (χ2v) is 18.7. The van der Waals surface area contributed by atoms with Crippen molar-refractivity contribution in [1.82, 2.24) is 4.90 Å². The molecule has 0 bridgehead atoms. The maximum atomic E-state index is 11.0. The predicted molar refractivity (Wildman–Crippen MR) is 188 cm³/mol. The van der Waals surface area contributed by atoms with E-state index < -0.39 is 5.60 Å². The predicted octanol–water partition coefficient (Wildman–Crippen LogP) is 7.78. The number of rotatable bonds is 8. The molecule has 7 fully saturated rings. The highest BCUT2D eigenvalue weighted by Gasteiger charge is 2.81. The average Bonchev–Trinajstić information content (AvgIpc) is 3.60. The summed E-state index contributed by atoms with van der Waals surface area (Å²) in [5.74, 6) is 2.61. The Kier molecular flexibility index (Phi) is 8.38. The second-order valence-electron chi connectivity index (χ2n) is 18.7. The molecule has 7 aliphatic rings. The van der Waals surface area contributed by atoms with Gasteiger partial charge in [-0.1, -0.05) is 63.3 Å². The Morgan fingerprint density at radius 2 is 1.83 bits per heavy atom. The van der Waals surface area contributed by atoms with Crippen molar-refractivity contribution in [2.45, 2.75) is 142 Å². The van der Waals surface area contributed by atoms with Gasteiger partial charge in [0.15, 0.2) is 6.29 Å². The zero-order valence-corrected chi connectivity index (χ0v) is 30.7. The van der Waals surface area contributed by atoms with E-state index in [4.69, 9.17) is 25.5 Å². The van der Waals surface area contributed by atoms with E-state index in [-0.39, 0.29) is 41.5 Å². The summed E-state index contributed by atoms with van der Waals surface area (Å²) in [4.78, 5) is 2.50. The van der Waals surface area contributed by atoms with Crippen molar-refractivity contribution in [1.29, 1.82) is 0 Å². The van der Waals surface area contributed by atoms with E-state index >= 15 is 0 Å². The van der Waals surface area contributed by atoms with E-state index in [9.17, 15) is 5.11 Å². The van der Waals surface area contributed by atoms with Crippen molar-refractivity contribution in [3.05, 3.63) is 48.0 Å². The molecular formula is C42H63NO5. The summed E-state index contributed by atoms with van der Waals surface area (Å²) in [6.45, 7) is 22.2. The number of nitrogens with zero attached hydrogens (tertiary/aromatic N) is 1. The summed E-state index contributed by atoms with van der Waals surface area (Å²) < 4.78 is 26.4. The monoisotopic (exact) mass is 661 g/mol. The topological polar surface area (TPSA) is 60.4 Å². The van der Waals surface area contributed by atoms with Crippen LogP contribution in [0.5, 0.6) is 0 Å². The lowest BCUT2D eigenvalue weighted by molar-refractivity contribution is -0.245. The highest BCUT2D eigenvalue weighted by Crippen LogP contribution is 2.87. The van der Waals surface area contributed by atoms with Crippen molar-refractivity contribution in [2.24, 2.45) is 45.3 Å². The normalized spacial score (nSPS) is 45.7. The SMILES string of the molecule is C=C1CC(C(OCC)C(C)(C)O)OC2CC3C4CCC5C(C)(C)C(OC6CN(Cc7ccccc7)CCO6)CCC56CC46CCC3(C)C12. The zero-order chi connectivity index (χ0) is 33.7. The van der Waals surface area contributed by atoms with Crippen molar-refractivity contribution in [2.75, 3.05) is 26.3 Å². The molecule has 1 aromatic carbocycles. The molecule has 0 amide bonds. The lowest BCUT2D eigenvalue weighted by Gasteiger charge is -2.60. The molecule has 5 aliphatic carbocycles. The quantitative estimate of drug-likeness (QED) is 0.287. The van der Waals surface area contributed by atoms with Crippen molar-refractivity contribution in [3.63, 3.8) is 0 Å². The molecule has 6 heteroatoms. The lowest BCUT2D eigenvalue weighted by atomic mass is 9.46. The van der Waals surface area contributed by atoms with Crippen LogP contribution in [0, 0.1) is 45.3 Å². The van der Waals surface area contributed by atoms with Crippen LogP contribution in [0.15, 0.2) is 42.5 Å². The minimum Gasteiger partial charge on any atom is -0.388 e. The van der Waals surface area contributed by atoms with Gasteiger partial charge in [0, 0.05) is 32.2 Å². The molecule has 6 nitrogen and oxygen atoms in total. The van der Waals surface area contributed by atoms with Gasteiger partial charge in [0.05, 0.1) is 30.5 Å². The van der Waals surface area contributed by atoms with Crippen molar-refractivity contribution in [3.8, 4) is 0 Å². The maximum absolute atomic E-state index is 11.0. The first-order chi connectivity index (χ1) is 22.8. The summed E-state index contributed by atoms with van der Waals surface area (Å²) in [6, 6.07) is 10.8. The van der Waals surface area contributed by atoms with Crippen LogP contribution in [0.4, 0.5) is 0 Å². The van der Waals surface area contributed by atoms with Gasteiger partial charge >= 0.3 is 0 Å². The molecule has 2 aliphatic heterocycles. The van der Waals surface area contributed by atoms with E-state index in [1.807, 2.05) is 20.8 Å². The summed E-state index contributed by atoms with van der Waals surface area (Å²) in [5, 5.41) is 11.0. The molecule has 2 heterocycles. The van der Waals surface area contributed by atoms with Gasteiger partial charge < -0.3 is 24.1 Å². The summed E-state index contributed by atoms with van der Waals surface area (Å²) >= 11 is 0. The van der Waals surface area contributed by atoms with E-state index in [1.165, 1.54) is 49.7 Å². The first kappa shape index (κ1) is 33.8. The molecule has 1 aromatic rings. The molecule has 8 rings (SSSR count). The third-order valence-electron chi connectivity index (χ3n) is 15.5. The first-order valence-electron chi connectivity index (χ1n) is 19.5. The number of ether oxygens (including phenoxy) is 4. The Hall–Kier alpha value is -1.28. The van der Waals surface area contributed by atoms with Gasteiger partial charge in [-0.15, -0.1) is 0 Å². The molecule has 266 valence electrons. The molecule has 2 spiro atoms. The Morgan fingerprint density at radius 1 is 1.04 bits per heavy atom. The highest BCUT2D eigenvalue weighted by molar-refractivity contribution is 5.31. The number of morpholine rings is 1. The van der Waals surface area contributed by atoms with Crippen LogP contribution in [-0.2, 0) is 25.5 Å². The molecule has 1 N–H and O–H groups in total.